The van der Waals surface area contributed by atoms with E-state index in [-0.39, 0.29) is 6.29 Å². The van der Waals surface area contributed by atoms with E-state index in [4.69, 9.17) is 0 Å². The first kappa shape index (κ1) is 10.9. The predicted molar refractivity (Wildman–Crippen MR) is 60.6 cm³/mol. The molecule has 0 fully saturated rings. The van der Waals surface area contributed by atoms with Crippen molar-refractivity contribution in [2.75, 3.05) is 0 Å². The third-order valence-electron chi connectivity index (χ3n) is 2.09. The molecule has 0 aliphatic heterocycles. The van der Waals surface area contributed by atoms with Crippen molar-refractivity contribution < 1.29 is 0 Å². The molecule has 62 valence electrons. The summed E-state index contributed by atoms with van der Waals surface area (Å²) in [5.74, 6) is 0. The van der Waals surface area contributed by atoms with Crippen LogP contribution in [0.5, 0.6) is 0 Å². The Hall–Kier alpha value is 0.947. The van der Waals surface area contributed by atoms with E-state index < -0.39 is 0 Å². The van der Waals surface area contributed by atoms with Gasteiger partial charge in [0.1, 0.15) is 6.29 Å². The molecule has 0 spiro atoms. The van der Waals surface area contributed by atoms with Crippen LogP contribution < -0.4 is 0 Å². The molecule has 2 heteroatoms. The first-order chi connectivity index (χ1) is 4.72. The smallest absolute Gasteiger partial charge is 0.112 e. The highest BCUT2D eigenvalue weighted by atomic mass is 127. The molecule has 0 radical (unpaired) electrons. The molecule has 0 aromatic carbocycles. The summed E-state index contributed by atoms with van der Waals surface area (Å²) in [4.78, 5) is 0. The first-order valence-electron chi connectivity index (χ1n) is 4.36. The van der Waals surface area contributed by atoms with E-state index >= 15 is 0 Å². The summed E-state index contributed by atoms with van der Waals surface area (Å²) >= 11 is 2.73. The van der Waals surface area contributed by atoms with Gasteiger partial charge in [0.2, 0.25) is 0 Å². The lowest BCUT2D eigenvalue weighted by molar-refractivity contribution is 0.829. The van der Waals surface area contributed by atoms with Gasteiger partial charge >= 0.3 is 0 Å². The van der Waals surface area contributed by atoms with E-state index in [1.165, 1.54) is 19.3 Å². The normalized spacial score (nSPS) is 16.8. The maximum Gasteiger partial charge on any atom is 0.112 e. The Balaban J connectivity index is 3.31. The molecular weight excluding hydrogens is 251 g/mol. The van der Waals surface area contributed by atoms with Gasteiger partial charge in [-0.25, -0.2) is 0 Å². The Morgan fingerprint density at radius 3 is 2.40 bits per heavy atom. The molecule has 0 aliphatic rings. The van der Waals surface area contributed by atoms with Crippen LogP contribution in [-0.2, 0) is 0 Å². The molecule has 0 heterocycles. The van der Waals surface area contributed by atoms with Crippen LogP contribution in [0.25, 0.3) is 0 Å². The third kappa shape index (κ3) is 4.72. The zero-order valence-electron chi connectivity index (χ0n) is 7.36. The number of hydrogen-bond donors (Lipinski definition) is 0. The average molecular weight is 270 g/mol. The monoisotopic (exact) mass is 270 g/mol. The van der Waals surface area contributed by atoms with E-state index in [0.29, 0.717) is 0 Å². The van der Waals surface area contributed by atoms with Crippen LogP contribution in [0.3, 0.4) is 0 Å². The van der Waals surface area contributed by atoms with Gasteiger partial charge in [0.15, 0.2) is 0 Å². The van der Waals surface area contributed by atoms with Crippen molar-refractivity contribution >= 4 is 28.1 Å². The van der Waals surface area contributed by atoms with Crippen LogP contribution in [0.4, 0.5) is 0 Å². The van der Waals surface area contributed by atoms with Gasteiger partial charge in [-0.2, -0.15) is 0 Å². The van der Waals surface area contributed by atoms with Crippen LogP contribution >= 0.6 is 21.8 Å². The van der Waals surface area contributed by atoms with Gasteiger partial charge in [-0.1, -0.05) is 46.1 Å². The molecule has 0 amide bonds. The fourth-order valence-corrected chi connectivity index (χ4v) is 5.66. The molecule has 0 bridgehead atoms. The molecule has 2 unspecified atom stereocenters. The zero-order valence-corrected chi connectivity index (χ0v) is 10.7. The van der Waals surface area contributed by atoms with Gasteiger partial charge in [0, 0.05) is 0 Å². The SMILES string of the molecule is CCCC[SiH](I)C(C)CC. The lowest BCUT2D eigenvalue weighted by atomic mass is 10.4. The minimum atomic E-state index is -0.344. The van der Waals surface area contributed by atoms with Crippen LogP contribution in [0.2, 0.25) is 11.6 Å². The molecule has 0 nitrogen and oxygen atoms in total. The molecule has 0 saturated heterocycles. The number of halogens is 1. The van der Waals surface area contributed by atoms with Gasteiger partial charge in [0.25, 0.3) is 0 Å². The van der Waals surface area contributed by atoms with Gasteiger partial charge in [-0.3, -0.25) is 0 Å². The fourth-order valence-electron chi connectivity index (χ4n) is 0.939. The minimum Gasteiger partial charge on any atom is -0.123 e. The van der Waals surface area contributed by atoms with E-state index in [9.17, 15) is 0 Å². The highest BCUT2D eigenvalue weighted by Gasteiger charge is 2.12. The van der Waals surface area contributed by atoms with Crippen molar-refractivity contribution in [2.45, 2.75) is 51.6 Å². The van der Waals surface area contributed by atoms with E-state index in [1.807, 2.05) is 0 Å². The second kappa shape index (κ2) is 6.64. The van der Waals surface area contributed by atoms with E-state index in [0.717, 1.165) is 5.54 Å². The summed E-state index contributed by atoms with van der Waals surface area (Å²) in [5.41, 5.74) is 1.05. The molecular formula is C8H19ISi. The van der Waals surface area contributed by atoms with Crippen LogP contribution in [0.15, 0.2) is 0 Å². The predicted octanol–water partition coefficient (Wildman–Crippen LogP) is 3.75. The Kier molecular flexibility index (Phi) is 7.27. The second-order valence-electron chi connectivity index (χ2n) is 3.04. The Labute approximate surface area is 79.6 Å². The van der Waals surface area contributed by atoms with Gasteiger partial charge in [-0.15, -0.1) is 21.8 Å². The molecule has 0 aliphatic carbocycles. The number of unbranched alkanes of at least 4 members (excludes halogenated alkanes) is 1. The summed E-state index contributed by atoms with van der Waals surface area (Å²) in [6.45, 7) is 7.02. The molecule has 0 aromatic rings. The summed E-state index contributed by atoms with van der Waals surface area (Å²) in [7, 11) is 0. The van der Waals surface area contributed by atoms with E-state index in [2.05, 4.69) is 42.6 Å². The standard InChI is InChI=1S/C8H19ISi/c1-4-6-7-10(9)8(3)5-2/h8,10H,4-7H2,1-3H3. The average Bonchev–Trinajstić information content (AvgIpc) is 1.98. The second-order valence-corrected chi connectivity index (χ2v) is 10.6. The van der Waals surface area contributed by atoms with Crippen LogP contribution in [0, 0.1) is 0 Å². The highest BCUT2D eigenvalue weighted by Crippen LogP contribution is 2.23. The quantitative estimate of drug-likeness (QED) is 0.405. The van der Waals surface area contributed by atoms with Gasteiger partial charge < -0.3 is 0 Å². The van der Waals surface area contributed by atoms with Crippen molar-refractivity contribution in [3.8, 4) is 0 Å². The van der Waals surface area contributed by atoms with Gasteiger partial charge in [0.05, 0.1) is 0 Å². The largest absolute Gasteiger partial charge is 0.123 e. The van der Waals surface area contributed by atoms with Crippen molar-refractivity contribution in [1.29, 1.82) is 0 Å². The summed E-state index contributed by atoms with van der Waals surface area (Å²) in [5, 5.41) is 0. The Bertz CT molecular complexity index is 75.7. The highest BCUT2D eigenvalue weighted by molar-refractivity contribution is 14.1. The Morgan fingerprint density at radius 1 is 1.40 bits per heavy atom. The summed E-state index contributed by atoms with van der Waals surface area (Å²) in [6.07, 6.45) is 3.89. The molecule has 0 N–H and O–H groups in total. The maximum absolute atomic E-state index is 2.73. The first-order valence-corrected chi connectivity index (χ1v) is 10.0. The number of rotatable bonds is 5. The lowest BCUT2D eigenvalue weighted by Crippen LogP contribution is -2.08. The molecule has 0 saturated carbocycles. The molecule has 2 atom stereocenters. The summed E-state index contributed by atoms with van der Waals surface area (Å²) in [6, 6.07) is 1.55. The molecule has 10 heavy (non-hydrogen) atoms. The van der Waals surface area contributed by atoms with Crippen molar-refractivity contribution in [3.63, 3.8) is 0 Å². The maximum atomic E-state index is 2.73. The topological polar surface area (TPSA) is 0 Å². The van der Waals surface area contributed by atoms with Crippen LogP contribution in [0.1, 0.15) is 40.0 Å². The minimum absolute atomic E-state index is 0.344. The Morgan fingerprint density at radius 2 is 2.00 bits per heavy atom. The molecule has 0 aromatic heterocycles. The van der Waals surface area contributed by atoms with Crippen LogP contribution in [-0.4, -0.2) is 6.29 Å². The zero-order chi connectivity index (χ0) is 7.98. The van der Waals surface area contributed by atoms with Gasteiger partial charge in [-0.05, 0) is 5.54 Å². The third-order valence-corrected chi connectivity index (χ3v) is 10.3. The lowest BCUT2D eigenvalue weighted by Gasteiger charge is -2.13. The van der Waals surface area contributed by atoms with Crippen molar-refractivity contribution in [2.24, 2.45) is 0 Å². The summed E-state index contributed by atoms with van der Waals surface area (Å²) < 4.78 is 0. The molecule has 0 rings (SSSR count). The van der Waals surface area contributed by atoms with Crippen molar-refractivity contribution in [1.82, 2.24) is 0 Å². The number of hydrogen-bond acceptors (Lipinski definition) is 0. The fraction of sp³-hybridized carbons (Fsp3) is 1.00. The van der Waals surface area contributed by atoms with E-state index in [1.54, 1.807) is 6.04 Å². The van der Waals surface area contributed by atoms with Crippen molar-refractivity contribution in [3.05, 3.63) is 0 Å².